The van der Waals surface area contributed by atoms with Crippen molar-refractivity contribution in [2.45, 2.75) is 26.3 Å². The number of rotatable bonds is 6. The molecule has 0 amide bonds. The number of aromatic nitrogens is 4. The van der Waals surface area contributed by atoms with Crippen LogP contribution in [0, 0.1) is 0 Å². The summed E-state index contributed by atoms with van der Waals surface area (Å²) < 4.78 is 1.94. The van der Waals surface area contributed by atoms with E-state index in [0.717, 1.165) is 53.8 Å². The van der Waals surface area contributed by atoms with Gasteiger partial charge in [0.2, 0.25) is 0 Å². The molecule has 0 saturated heterocycles. The number of nitrogens with zero attached hydrogens (tertiary/aromatic N) is 4. The van der Waals surface area contributed by atoms with Crippen LogP contribution >= 0.6 is 0 Å². The summed E-state index contributed by atoms with van der Waals surface area (Å²) >= 11 is 0. The summed E-state index contributed by atoms with van der Waals surface area (Å²) in [6, 6.07) is 2.11. The van der Waals surface area contributed by atoms with E-state index in [1.807, 2.05) is 23.3 Å². The van der Waals surface area contributed by atoms with Crippen LogP contribution in [0.1, 0.15) is 19.0 Å². The maximum atomic E-state index is 6.39. The molecule has 3 N–H and O–H groups in total. The Balaban J connectivity index is 1.92. The topological polar surface area (TPSA) is 75.8 Å². The van der Waals surface area contributed by atoms with Crippen LogP contribution in [-0.4, -0.2) is 45.3 Å². The lowest BCUT2D eigenvalue weighted by molar-refractivity contribution is 0.373. The van der Waals surface area contributed by atoms with E-state index in [-0.39, 0.29) is 0 Å². The van der Waals surface area contributed by atoms with Crippen molar-refractivity contribution in [2.24, 2.45) is 0 Å². The Bertz CT molecular complexity index is 799. The fourth-order valence-corrected chi connectivity index (χ4v) is 2.71. The fraction of sp³-hybridized carbons (Fsp3) is 0.412. The number of likely N-dealkylation sites (N-methyl/N-ethyl adjacent to an activating group) is 1. The molecule has 6 heteroatoms. The monoisotopic (exact) mass is 312 g/mol. The Morgan fingerprint density at radius 3 is 2.87 bits per heavy atom. The molecule has 0 spiro atoms. The second kappa shape index (κ2) is 6.42. The van der Waals surface area contributed by atoms with Crippen LogP contribution < -0.4 is 5.73 Å². The van der Waals surface area contributed by atoms with Crippen molar-refractivity contribution in [3.63, 3.8) is 0 Å². The molecule has 0 radical (unpaired) electrons. The van der Waals surface area contributed by atoms with E-state index in [4.69, 9.17) is 5.73 Å². The molecule has 0 bridgehead atoms. The summed E-state index contributed by atoms with van der Waals surface area (Å²) in [4.78, 5) is 10.00. The molecule has 3 aromatic heterocycles. The van der Waals surface area contributed by atoms with Crippen molar-refractivity contribution in [2.75, 3.05) is 26.4 Å². The van der Waals surface area contributed by atoms with Crippen LogP contribution in [0.15, 0.2) is 24.7 Å². The Kier molecular flexibility index (Phi) is 4.34. The Morgan fingerprint density at radius 2 is 2.13 bits per heavy atom. The van der Waals surface area contributed by atoms with Gasteiger partial charge in [-0.05, 0) is 26.6 Å². The maximum absolute atomic E-state index is 6.39. The van der Waals surface area contributed by atoms with Gasteiger partial charge in [0.05, 0.1) is 18.4 Å². The third kappa shape index (κ3) is 3.22. The molecule has 3 rings (SSSR count). The molecule has 122 valence electrons. The number of nitrogens with one attached hydrogen (secondary N) is 1. The number of nitrogen functional groups attached to an aromatic ring is 1. The molecular formula is C17H24N6. The summed E-state index contributed by atoms with van der Waals surface area (Å²) in [6.45, 7) is 3.97. The average Bonchev–Trinajstić information content (AvgIpc) is 3.13. The van der Waals surface area contributed by atoms with Gasteiger partial charge in [-0.15, -0.1) is 0 Å². The summed E-state index contributed by atoms with van der Waals surface area (Å²) in [5.41, 5.74) is 11.1. The molecule has 0 aliphatic carbocycles. The maximum Gasteiger partial charge on any atom is 0.139 e. The molecule has 6 nitrogen and oxygen atoms in total. The van der Waals surface area contributed by atoms with Gasteiger partial charge < -0.3 is 15.6 Å². The van der Waals surface area contributed by atoms with Gasteiger partial charge in [0.1, 0.15) is 5.65 Å². The molecule has 0 atom stereocenters. The van der Waals surface area contributed by atoms with Gasteiger partial charge in [-0.25, -0.2) is 4.98 Å². The number of aryl methyl sites for hydroxylation is 1. The van der Waals surface area contributed by atoms with Gasteiger partial charge in [0, 0.05) is 41.1 Å². The third-order valence-electron chi connectivity index (χ3n) is 4.00. The zero-order valence-corrected chi connectivity index (χ0v) is 14.0. The van der Waals surface area contributed by atoms with E-state index in [0.29, 0.717) is 0 Å². The zero-order valence-electron chi connectivity index (χ0n) is 14.0. The van der Waals surface area contributed by atoms with Crippen LogP contribution in [0.2, 0.25) is 0 Å². The SMILES string of the molecule is CCCc1cc2c(N)c(-c3cnn(CCN(C)C)c3)cnc2[nH]1. The van der Waals surface area contributed by atoms with Crippen molar-refractivity contribution < 1.29 is 0 Å². The van der Waals surface area contributed by atoms with E-state index in [2.05, 4.69) is 47.1 Å². The van der Waals surface area contributed by atoms with Gasteiger partial charge in [0.15, 0.2) is 0 Å². The lowest BCUT2D eigenvalue weighted by atomic mass is 10.1. The number of fused-ring (bicyclic) bond motifs is 1. The predicted octanol–water partition coefficient (Wildman–Crippen LogP) is 2.52. The molecule has 3 heterocycles. The van der Waals surface area contributed by atoms with Gasteiger partial charge >= 0.3 is 0 Å². The number of anilines is 1. The van der Waals surface area contributed by atoms with Crippen molar-refractivity contribution >= 4 is 16.7 Å². The minimum absolute atomic E-state index is 0.765. The minimum Gasteiger partial charge on any atom is -0.398 e. The molecule has 3 aromatic rings. The summed E-state index contributed by atoms with van der Waals surface area (Å²) in [5.74, 6) is 0. The number of H-pyrrole nitrogens is 1. The molecule has 0 saturated carbocycles. The van der Waals surface area contributed by atoms with Gasteiger partial charge in [-0.3, -0.25) is 4.68 Å². The largest absolute Gasteiger partial charge is 0.398 e. The Hall–Kier alpha value is -2.34. The molecule has 0 fully saturated rings. The first-order valence-corrected chi connectivity index (χ1v) is 8.02. The lowest BCUT2D eigenvalue weighted by Crippen LogP contribution is -2.18. The van der Waals surface area contributed by atoms with Crippen molar-refractivity contribution in [1.29, 1.82) is 0 Å². The lowest BCUT2D eigenvalue weighted by Gasteiger charge is -2.08. The van der Waals surface area contributed by atoms with Gasteiger partial charge in [-0.1, -0.05) is 13.3 Å². The molecule has 23 heavy (non-hydrogen) atoms. The van der Waals surface area contributed by atoms with Gasteiger partial charge in [-0.2, -0.15) is 5.10 Å². The normalized spacial score (nSPS) is 11.7. The Labute approximate surface area is 136 Å². The third-order valence-corrected chi connectivity index (χ3v) is 4.00. The molecule has 0 aliphatic rings. The number of hydrogen-bond acceptors (Lipinski definition) is 4. The molecule has 0 unspecified atom stereocenters. The van der Waals surface area contributed by atoms with E-state index >= 15 is 0 Å². The first-order valence-electron chi connectivity index (χ1n) is 8.02. The first-order chi connectivity index (χ1) is 11.1. The summed E-state index contributed by atoms with van der Waals surface area (Å²) in [7, 11) is 4.11. The highest BCUT2D eigenvalue weighted by Crippen LogP contribution is 2.31. The highest BCUT2D eigenvalue weighted by Gasteiger charge is 2.12. The summed E-state index contributed by atoms with van der Waals surface area (Å²) in [5, 5.41) is 5.41. The quantitative estimate of drug-likeness (QED) is 0.733. The van der Waals surface area contributed by atoms with Crippen molar-refractivity contribution in [1.82, 2.24) is 24.6 Å². The standard InChI is InChI=1S/C17H24N6/c1-4-5-13-8-14-16(18)15(10-19-17(14)21-13)12-9-20-23(11-12)7-6-22(2)3/h8-11H,4-7H2,1-3H3,(H3,18,19,21). The highest BCUT2D eigenvalue weighted by atomic mass is 15.3. The van der Waals surface area contributed by atoms with E-state index in [1.54, 1.807) is 0 Å². The Morgan fingerprint density at radius 1 is 1.30 bits per heavy atom. The van der Waals surface area contributed by atoms with Crippen LogP contribution in [-0.2, 0) is 13.0 Å². The average molecular weight is 312 g/mol. The van der Waals surface area contributed by atoms with Crippen LogP contribution in [0.5, 0.6) is 0 Å². The van der Waals surface area contributed by atoms with E-state index in [1.165, 1.54) is 5.69 Å². The minimum atomic E-state index is 0.765. The van der Waals surface area contributed by atoms with Crippen molar-refractivity contribution in [3.05, 3.63) is 30.4 Å². The van der Waals surface area contributed by atoms with E-state index < -0.39 is 0 Å². The smallest absolute Gasteiger partial charge is 0.139 e. The number of pyridine rings is 1. The molecule has 0 aromatic carbocycles. The van der Waals surface area contributed by atoms with Crippen LogP contribution in [0.25, 0.3) is 22.2 Å². The van der Waals surface area contributed by atoms with Gasteiger partial charge in [0.25, 0.3) is 0 Å². The number of aromatic amines is 1. The highest BCUT2D eigenvalue weighted by molar-refractivity contribution is 5.97. The molecule has 0 aliphatic heterocycles. The second-order valence-electron chi connectivity index (χ2n) is 6.19. The molecular weight excluding hydrogens is 288 g/mol. The number of nitrogens with two attached hydrogens (primary N) is 1. The van der Waals surface area contributed by atoms with Crippen molar-refractivity contribution in [3.8, 4) is 11.1 Å². The van der Waals surface area contributed by atoms with Crippen LogP contribution in [0.4, 0.5) is 5.69 Å². The van der Waals surface area contributed by atoms with E-state index in [9.17, 15) is 0 Å². The van der Waals surface area contributed by atoms with Crippen LogP contribution in [0.3, 0.4) is 0 Å². The zero-order chi connectivity index (χ0) is 16.4. The summed E-state index contributed by atoms with van der Waals surface area (Å²) in [6.07, 6.45) is 7.82. The first kappa shape index (κ1) is 15.6. The second-order valence-corrected chi connectivity index (χ2v) is 6.19. The fourth-order valence-electron chi connectivity index (χ4n) is 2.71. The number of hydrogen-bond donors (Lipinski definition) is 2. The predicted molar refractivity (Wildman–Crippen MR) is 94.3 cm³/mol.